The molecule has 1 aliphatic heterocycles. The number of piperidine rings is 1. The molecule has 0 aromatic heterocycles. The number of halogens is 3. The van der Waals surface area contributed by atoms with Gasteiger partial charge in [0, 0.05) is 31.6 Å². The van der Waals surface area contributed by atoms with Crippen molar-refractivity contribution in [1.82, 2.24) is 0 Å². The van der Waals surface area contributed by atoms with Gasteiger partial charge in [-0.1, -0.05) is 0 Å². The first-order valence-corrected chi connectivity index (χ1v) is 9.97. The third-order valence-corrected chi connectivity index (χ3v) is 4.89. The molecule has 2 aromatic rings. The van der Waals surface area contributed by atoms with E-state index in [0.717, 1.165) is 31.6 Å². The standard InChI is InChI=1S/C22H26F3NO5/c1-21(28,14-27)15-29-17-4-2-16(3-5-17)26-12-10-19(11-13-26)30-18-6-8-20(9-7-18)31-22(23,24)25/h2-9,19,27-28H,10-15H2,1H3/t21-/m0/s1. The third-order valence-electron chi connectivity index (χ3n) is 4.89. The quantitative estimate of drug-likeness (QED) is 0.650. The van der Waals surface area contributed by atoms with E-state index in [1.807, 2.05) is 24.3 Å². The van der Waals surface area contributed by atoms with Crippen LogP contribution in [0.25, 0.3) is 0 Å². The van der Waals surface area contributed by atoms with E-state index in [1.165, 1.54) is 31.2 Å². The van der Waals surface area contributed by atoms with Crippen LogP contribution in [-0.2, 0) is 0 Å². The number of anilines is 1. The molecule has 0 aliphatic carbocycles. The van der Waals surface area contributed by atoms with Gasteiger partial charge in [0.15, 0.2) is 0 Å². The Bertz CT molecular complexity index is 817. The van der Waals surface area contributed by atoms with Crippen molar-refractivity contribution in [3.8, 4) is 17.2 Å². The lowest BCUT2D eigenvalue weighted by atomic mass is 10.1. The van der Waals surface area contributed by atoms with Gasteiger partial charge in [-0.25, -0.2) is 0 Å². The molecule has 1 saturated heterocycles. The molecule has 0 unspecified atom stereocenters. The third kappa shape index (κ3) is 7.22. The van der Waals surface area contributed by atoms with Crippen molar-refractivity contribution in [2.75, 3.05) is 31.2 Å². The molecule has 1 aliphatic rings. The minimum atomic E-state index is -4.71. The number of hydrogen-bond donors (Lipinski definition) is 2. The molecule has 2 aromatic carbocycles. The first kappa shape index (κ1) is 23.0. The highest BCUT2D eigenvalue weighted by molar-refractivity contribution is 5.49. The number of nitrogens with zero attached hydrogens (tertiary/aromatic N) is 1. The first-order chi connectivity index (χ1) is 14.6. The molecule has 1 fully saturated rings. The number of ether oxygens (including phenoxy) is 3. The summed E-state index contributed by atoms with van der Waals surface area (Å²) in [6.07, 6.45) is -3.18. The Labute approximate surface area is 178 Å². The van der Waals surface area contributed by atoms with Gasteiger partial charge in [0.05, 0.1) is 6.61 Å². The molecule has 0 amide bonds. The summed E-state index contributed by atoms with van der Waals surface area (Å²) in [5.41, 5.74) is -0.250. The van der Waals surface area contributed by atoms with Crippen LogP contribution in [0, 0.1) is 0 Å². The summed E-state index contributed by atoms with van der Waals surface area (Å²) >= 11 is 0. The van der Waals surface area contributed by atoms with E-state index in [2.05, 4.69) is 9.64 Å². The molecule has 2 N–H and O–H groups in total. The molecule has 170 valence electrons. The summed E-state index contributed by atoms with van der Waals surface area (Å²) < 4.78 is 51.9. The van der Waals surface area contributed by atoms with Gasteiger partial charge < -0.3 is 29.3 Å². The second-order valence-electron chi connectivity index (χ2n) is 7.76. The van der Waals surface area contributed by atoms with Crippen LogP contribution in [0.1, 0.15) is 19.8 Å². The van der Waals surface area contributed by atoms with Crippen LogP contribution in [0.4, 0.5) is 18.9 Å². The maximum atomic E-state index is 12.2. The van der Waals surface area contributed by atoms with Crippen LogP contribution >= 0.6 is 0 Å². The Morgan fingerprint density at radius 1 is 0.935 bits per heavy atom. The lowest BCUT2D eigenvalue weighted by Crippen LogP contribution is -2.38. The lowest BCUT2D eigenvalue weighted by Gasteiger charge is -2.33. The van der Waals surface area contributed by atoms with Crippen LogP contribution in [0.15, 0.2) is 48.5 Å². The number of aliphatic hydroxyl groups excluding tert-OH is 1. The maximum absolute atomic E-state index is 12.2. The number of benzene rings is 2. The van der Waals surface area contributed by atoms with Crippen molar-refractivity contribution >= 4 is 5.69 Å². The van der Waals surface area contributed by atoms with Crippen molar-refractivity contribution in [3.05, 3.63) is 48.5 Å². The molecule has 0 saturated carbocycles. The van der Waals surface area contributed by atoms with Crippen molar-refractivity contribution in [3.63, 3.8) is 0 Å². The van der Waals surface area contributed by atoms with Crippen molar-refractivity contribution < 1.29 is 37.6 Å². The fourth-order valence-electron chi connectivity index (χ4n) is 3.18. The van der Waals surface area contributed by atoms with E-state index >= 15 is 0 Å². The Kier molecular flexibility index (Phi) is 7.17. The fraction of sp³-hybridized carbons (Fsp3) is 0.455. The molecule has 9 heteroatoms. The smallest absolute Gasteiger partial charge is 0.491 e. The van der Waals surface area contributed by atoms with Crippen LogP contribution in [0.2, 0.25) is 0 Å². The molecular weight excluding hydrogens is 415 g/mol. The fourth-order valence-corrected chi connectivity index (χ4v) is 3.18. The Morgan fingerprint density at radius 2 is 1.48 bits per heavy atom. The largest absolute Gasteiger partial charge is 0.573 e. The molecule has 0 spiro atoms. The number of hydrogen-bond acceptors (Lipinski definition) is 6. The molecule has 3 rings (SSSR count). The second-order valence-corrected chi connectivity index (χ2v) is 7.76. The summed E-state index contributed by atoms with van der Waals surface area (Å²) in [6.45, 7) is 2.67. The van der Waals surface area contributed by atoms with E-state index in [4.69, 9.17) is 14.6 Å². The molecule has 0 radical (unpaired) electrons. The number of rotatable bonds is 8. The van der Waals surface area contributed by atoms with Crippen molar-refractivity contribution in [2.45, 2.75) is 37.8 Å². The molecule has 1 heterocycles. The average molecular weight is 441 g/mol. The van der Waals surface area contributed by atoms with E-state index in [0.29, 0.717) is 11.5 Å². The highest BCUT2D eigenvalue weighted by atomic mass is 19.4. The highest BCUT2D eigenvalue weighted by Crippen LogP contribution is 2.28. The average Bonchev–Trinajstić information content (AvgIpc) is 2.74. The predicted molar refractivity (Wildman–Crippen MR) is 109 cm³/mol. The normalized spacial score (nSPS) is 17.2. The lowest BCUT2D eigenvalue weighted by molar-refractivity contribution is -0.274. The van der Waals surface area contributed by atoms with Crippen molar-refractivity contribution in [1.29, 1.82) is 0 Å². The summed E-state index contributed by atoms with van der Waals surface area (Å²) in [5, 5.41) is 18.8. The predicted octanol–water partition coefficient (Wildman–Crippen LogP) is 3.76. The Balaban J connectivity index is 1.46. The summed E-state index contributed by atoms with van der Waals surface area (Å²) in [4.78, 5) is 2.22. The Morgan fingerprint density at radius 3 is 2.03 bits per heavy atom. The highest BCUT2D eigenvalue weighted by Gasteiger charge is 2.31. The monoisotopic (exact) mass is 441 g/mol. The maximum Gasteiger partial charge on any atom is 0.573 e. The molecule has 31 heavy (non-hydrogen) atoms. The Hall–Kier alpha value is -2.65. The van der Waals surface area contributed by atoms with Gasteiger partial charge in [-0.05, 0) is 55.5 Å². The van der Waals surface area contributed by atoms with E-state index < -0.39 is 12.0 Å². The van der Waals surface area contributed by atoms with Crippen LogP contribution in [0.3, 0.4) is 0 Å². The van der Waals surface area contributed by atoms with Crippen LogP contribution in [-0.4, -0.2) is 54.6 Å². The number of aliphatic hydroxyl groups is 2. The van der Waals surface area contributed by atoms with E-state index in [1.54, 1.807) is 0 Å². The van der Waals surface area contributed by atoms with Gasteiger partial charge in [0.1, 0.15) is 35.6 Å². The SMILES string of the molecule is C[C@](O)(CO)COc1ccc(N2CCC(Oc3ccc(OC(F)(F)F)cc3)CC2)cc1. The minimum Gasteiger partial charge on any atom is -0.491 e. The van der Waals surface area contributed by atoms with Gasteiger partial charge in [0.2, 0.25) is 0 Å². The van der Waals surface area contributed by atoms with Gasteiger partial charge >= 0.3 is 6.36 Å². The van der Waals surface area contributed by atoms with Gasteiger partial charge in [-0.2, -0.15) is 0 Å². The van der Waals surface area contributed by atoms with E-state index in [9.17, 15) is 18.3 Å². The van der Waals surface area contributed by atoms with Gasteiger partial charge in [0.25, 0.3) is 0 Å². The zero-order valence-electron chi connectivity index (χ0n) is 17.1. The van der Waals surface area contributed by atoms with Crippen LogP contribution < -0.4 is 19.1 Å². The van der Waals surface area contributed by atoms with Gasteiger partial charge in [-0.3, -0.25) is 0 Å². The molecule has 6 nitrogen and oxygen atoms in total. The molecule has 0 bridgehead atoms. The van der Waals surface area contributed by atoms with Crippen LogP contribution in [0.5, 0.6) is 17.2 Å². The van der Waals surface area contributed by atoms with E-state index in [-0.39, 0.29) is 25.1 Å². The summed E-state index contributed by atoms with van der Waals surface area (Å²) in [6, 6.07) is 12.9. The molecule has 1 atom stereocenters. The topological polar surface area (TPSA) is 71.4 Å². The minimum absolute atomic E-state index is 0.00507. The summed E-state index contributed by atoms with van der Waals surface area (Å²) in [7, 11) is 0. The summed E-state index contributed by atoms with van der Waals surface area (Å²) in [5.74, 6) is 0.837. The zero-order chi connectivity index (χ0) is 22.5. The zero-order valence-corrected chi connectivity index (χ0v) is 17.1. The molecular formula is C22H26F3NO5. The second kappa shape index (κ2) is 9.65. The number of alkyl halides is 3. The van der Waals surface area contributed by atoms with Crippen molar-refractivity contribution in [2.24, 2.45) is 0 Å². The van der Waals surface area contributed by atoms with Gasteiger partial charge in [-0.15, -0.1) is 13.2 Å². The first-order valence-electron chi connectivity index (χ1n) is 9.97.